The first-order valence-electron chi connectivity index (χ1n) is 6.90. The third kappa shape index (κ3) is 4.31. The standard InChI is InChI=1S/C15H21FN2O/c1-12(18-9-7-15(19)17-8-10-18)5-6-13-3-2-4-14(16)11-13/h2-4,11-12H,5-10H2,1H3,(H,17,19)/t12-/m1/s1. The second kappa shape index (κ2) is 6.66. The number of nitrogens with one attached hydrogen (secondary N) is 1. The van der Waals surface area contributed by atoms with Gasteiger partial charge in [-0.15, -0.1) is 0 Å². The normalized spacial score (nSPS) is 18.7. The van der Waals surface area contributed by atoms with Crippen LogP contribution in [0.15, 0.2) is 24.3 Å². The topological polar surface area (TPSA) is 32.3 Å². The van der Waals surface area contributed by atoms with Crippen LogP contribution >= 0.6 is 0 Å². The number of rotatable bonds is 4. The summed E-state index contributed by atoms with van der Waals surface area (Å²) in [5, 5.41) is 2.88. The molecule has 1 fully saturated rings. The van der Waals surface area contributed by atoms with Crippen molar-refractivity contribution in [3.63, 3.8) is 0 Å². The molecule has 1 aliphatic heterocycles. The largest absolute Gasteiger partial charge is 0.355 e. The molecule has 0 bridgehead atoms. The second-order valence-electron chi connectivity index (χ2n) is 5.15. The molecule has 0 saturated carbocycles. The number of halogens is 1. The highest BCUT2D eigenvalue weighted by atomic mass is 19.1. The van der Waals surface area contributed by atoms with E-state index in [4.69, 9.17) is 0 Å². The zero-order valence-corrected chi connectivity index (χ0v) is 11.4. The predicted octanol–water partition coefficient (Wildman–Crippen LogP) is 1.97. The van der Waals surface area contributed by atoms with Crippen molar-refractivity contribution in [2.45, 2.75) is 32.2 Å². The van der Waals surface area contributed by atoms with Gasteiger partial charge in [0.25, 0.3) is 0 Å². The van der Waals surface area contributed by atoms with Gasteiger partial charge in [-0.25, -0.2) is 4.39 Å². The van der Waals surface area contributed by atoms with Crippen LogP contribution < -0.4 is 5.32 Å². The molecule has 0 spiro atoms. The number of hydrogen-bond donors (Lipinski definition) is 1. The van der Waals surface area contributed by atoms with E-state index in [1.165, 1.54) is 6.07 Å². The minimum atomic E-state index is -0.172. The summed E-state index contributed by atoms with van der Waals surface area (Å²) in [7, 11) is 0. The van der Waals surface area contributed by atoms with E-state index < -0.39 is 0 Å². The molecule has 1 aromatic rings. The molecule has 104 valence electrons. The van der Waals surface area contributed by atoms with E-state index >= 15 is 0 Å². The Morgan fingerprint density at radius 1 is 1.42 bits per heavy atom. The molecule has 1 atom stereocenters. The maximum atomic E-state index is 13.1. The first kappa shape index (κ1) is 14.0. The summed E-state index contributed by atoms with van der Waals surface area (Å²) in [6, 6.07) is 7.20. The van der Waals surface area contributed by atoms with Gasteiger partial charge in [0.2, 0.25) is 5.91 Å². The molecule has 0 unspecified atom stereocenters. The van der Waals surface area contributed by atoms with Crippen LogP contribution in [0.4, 0.5) is 4.39 Å². The quantitative estimate of drug-likeness (QED) is 0.901. The molecule has 1 saturated heterocycles. The molecule has 1 N–H and O–H groups in total. The van der Waals surface area contributed by atoms with Crippen molar-refractivity contribution in [2.24, 2.45) is 0 Å². The molecule has 1 heterocycles. The molecule has 0 aliphatic carbocycles. The number of aryl methyl sites for hydroxylation is 1. The fraction of sp³-hybridized carbons (Fsp3) is 0.533. The molecule has 1 aliphatic rings. The molecule has 0 radical (unpaired) electrons. The number of carbonyl (C=O) groups excluding carboxylic acids is 1. The van der Waals surface area contributed by atoms with Gasteiger partial charge in [0, 0.05) is 32.1 Å². The zero-order valence-electron chi connectivity index (χ0n) is 11.4. The molecule has 0 aromatic heterocycles. The van der Waals surface area contributed by atoms with Crippen molar-refractivity contribution in [1.29, 1.82) is 0 Å². The molecular weight excluding hydrogens is 243 g/mol. The highest BCUT2D eigenvalue weighted by molar-refractivity contribution is 5.76. The average Bonchev–Trinajstić information content (AvgIpc) is 2.61. The van der Waals surface area contributed by atoms with Gasteiger partial charge in [0.15, 0.2) is 0 Å². The fourth-order valence-corrected chi connectivity index (χ4v) is 2.48. The van der Waals surface area contributed by atoms with E-state index in [1.807, 2.05) is 6.07 Å². The Morgan fingerprint density at radius 3 is 3.05 bits per heavy atom. The summed E-state index contributed by atoms with van der Waals surface area (Å²) < 4.78 is 13.1. The predicted molar refractivity (Wildman–Crippen MR) is 73.4 cm³/mol. The lowest BCUT2D eigenvalue weighted by Crippen LogP contribution is -2.36. The van der Waals surface area contributed by atoms with E-state index in [-0.39, 0.29) is 11.7 Å². The second-order valence-corrected chi connectivity index (χ2v) is 5.15. The van der Waals surface area contributed by atoms with Crippen molar-refractivity contribution >= 4 is 5.91 Å². The van der Waals surface area contributed by atoms with Crippen LogP contribution in [0.1, 0.15) is 25.3 Å². The average molecular weight is 264 g/mol. The molecule has 4 heteroatoms. The number of amides is 1. The number of benzene rings is 1. The van der Waals surface area contributed by atoms with Gasteiger partial charge < -0.3 is 5.32 Å². The summed E-state index contributed by atoms with van der Waals surface area (Å²) in [5.41, 5.74) is 1.04. The van der Waals surface area contributed by atoms with Crippen LogP contribution in [0.25, 0.3) is 0 Å². The van der Waals surface area contributed by atoms with Crippen LogP contribution in [0.5, 0.6) is 0 Å². The first-order chi connectivity index (χ1) is 9.15. The summed E-state index contributed by atoms with van der Waals surface area (Å²) >= 11 is 0. The van der Waals surface area contributed by atoms with Crippen molar-refractivity contribution in [3.8, 4) is 0 Å². The van der Waals surface area contributed by atoms with Crippen LogP contribution in [0, 0.1) is 5.82 Å². The Kier molecular flexibility index (Phi) is 4.91. The summed E-state index contributed by atoms with van der Waals surface area (Å²) in [6.45, 7) is 4.62. The lowest BCUT2D eigenvalue weighted by molar-refractivity contribution is -0.120. The number of nitrogens with zero attached hydrogens (tertiary/aromatic N) is 1. The Bertz CT molecular complexity index is 436. The van der Waals surface area contributed by atoms with E-state index in [0.29, 0.717) is 12.5 Å². The van der Waals surface area contributed by atoms with Crippen LogP contribution in [0.3, 0.4) is 0 Å². The molecule has 19 heavy (non-hydrogen) atoms. The minimum absolute atomic E-state index is 0.139. The fourth-order valence-electron chi connectivity index (χ4n) is 2.48. The van der Waals surface area contributed by atoms with E-state index in [1.54, 1.807) is 12.1 Å². The van der Waals surface area contributed by atoms with Crippen LogP contribution in [-0.2, 0) is 11.2 Å². The number of hydrogen-bond acceptors (Lipinski definition) is 2. The SMILES string of the molecule is C[C@H](CCc1cccc(F)c1)N1CCNC(=O)CC1. The van der Waals surface area contributed by atoms with Crippen molar-refractivity contribution in [3.05, 3.63) is 35.6 Å². The van der Waals surface area contributed by atoms with E-state index in [9.17, 15) is 9.18 Å². The van der Waals surface area contributed by atoms with Gasteiger partial charge >= 0.3 is 0 Å². The van der Waals surface area contributed by atoms with Gasteiger partial charge in [-0.1, -0.05) is 12.1 Å². The number of carbonyl (C=O) groups is 1. The maximum absolute atomic E-state index is 13.1. The van der Waals surface area contributed by atoms with Crippen molar-refractivity contribution in [1.82, 2.24) is 10.2 Å². The minimum Gasteiger partial charge on any atom is -0.355 e. The Balaban J connectivity index is 1.83. The van der Waals surface area contributed by atoms with Crippen LogP contribution in [0.2, 0.25) is 0 Å². The van der Waals surface area contributed by atoms with Gasteiger partial charge in [0.05, 0.1) is 0 Å². The molecule has 1 amide bonds. The molecule has 3 nitrogen and oxygen atoms in total. The summed E-state index contributed by atoms with van der Waals surface area (Å²) in [4.78, 5) is 13.6. The maximum Gasteiger partial charge on any atom is 0.221 e. The molecule has 2 rings (SSSR count). The molecular formula is C15H21FN2O. The van der Waals surface area contributed by atoms with E-state index in [0.717, 1.165) is 38.0 Å². The summed E-state index contributed by atoms with van der Waals surface area (Å²) in [6.07, 6.45) is 2.43. The Morgan fingerprint density at radius 2 is 2.26 bits per heavy atom. The lowest BCUT2D eigenvalue weighted by atomic mass is 10.0. The Labute approximate surface area is 113 Å². The lowest BCUT2D eigenvalue weighted by Gasteiger charge is -2.26. The summed E-state index contributed by atoms with van der Waals surface area (Å²) in [5.74, 6) is -0.0328. The molecule has 1 aromatic carbocycles. The highest BCUT2D eigenvalue weighted by Gasteiger charge is 2.18. The van der Waals surface area contributed by atoms with Gasteiger partial charge in [-0.05, 0) is 37.5 Å². The van der Waals surface area contributed by atoms with Crippen LogP contribution in [-0.4, -0.2) is 36.5 Å². The van der Waals surface area contributed by atoms with Crippen molar-refractivity contribution < 1.29 is 9.18 Å². The van der Waals surface area contributed by atoms with E-state index in [2.05, 4.69) is 17.1 Å². The van der Waals surface area contributed by atoms with Gasteiger partial charge in [-0.3, -0.25) is 9.69 Å². The first-order valence-corrected chi connectivity index (χ1v) is 6.90. The van der Waals surface area contributed by atoms with Crippen molar-refractivity contribution in [2.75, 3.05) is 19.6 Å². The van der Waals surface area contributed by atoms with Gasteiger partial charge in [-0.2, -0.15) is 0 Å². The Hall–Kier alpha value is -1.42. The van der Waals surface area contributed by atoms with Gasteiger partial charge in [0.1, 0.15) is 5.82 Å². The highest BCUT2D eigenvalue weighted by Crippen LogP contribution is 2.12. The monoisotopic (exact) mass is 264 g/mol. The zero-order chi connectivity index (χ0) is 13.7. The smallest absolute Gasteiger partial charge is 0.221 e. The third-order valence-corrected chi connectivity index (χ3v) is 3.71. The third-order valence-electron chi connectivity index (χ3n) is 3.71.